The van der Waals surface area contributed by atoms with E-state index in [9.17, 15) is 12.8 Å². The maximum atomic E-state index is 14.2. The van der Waals surface area contributed by atoms with E-state index in [0.717, 1.165) is 22.4 Å². The Morgan fingerprint density at radius 1 is 1.08 bits per heavy atom. The number of sulfone groups is 1. The summed E-state index contributed by atoms with van der Waals surface area (Å²) in [5, 5.41) is 0. The first-order valence-corrected chi connectivity index (χ1v) is 9.67. The Morgan fingerprint density at radius 3 is 2.29 bits per heavy atom. The summed E-state index contributed by atoms with van der Waals surface area (Å²) in [6.07, 6.45) is 0.969. The second-order valence-corrected chi connectivity index (χ2v) is 8.23. The van der Waals surface area contributed by atoms with Crippen LogP contribution in [0, 0.1) is 12.7 Å². The minimum absolute atomic E-state index is 0.340. The van der Waals surface area contributed by atoms with Crippen molar-refractivity contribution in [3.8, 4) is 22.6 Å². The van der Waals surface area contributed by atoms with Gasteiger partial charge in [0.1, 0.15) is 16.4 Å². The summed E-state index contributed by atoms with van der Waals surface area (Å²) in [7, 11) is -3.62. The number of hydrogen-bond donors (Lipinski definition) is 0. The van der Waals surface area contributed by atoms with Gasteiger partial charge in [0.15, 0.2) is 21.5 Å². The van der Waals surface area contributed by atoms with Gasteiger partial charge in [-0.15, -0.1) is 0 Å². The predicted molar refractivity (Wildman–Crippen MR) is 92.9 cm³/mol. The Morgan fingerprint density at radius 2 is 1.71 bits per heavy atom. The lowest BCUT2D eigenvalue weighted by Crippen LogP contribution is -2.00. The van der Waals surface area contributed by atoms with E-state index in [-0.39, 0.29) is 4.90 Å². The molecule has 124 valence electrons. The summed E-state index contributed by atoms with van der Waals surface area (Å²) in [5.74, 6) is 0.0232. The molecule has 0 aliphatic rings. The van der Waals surface area contributed by atoms with Crippen molar-refractivity contribution in [3.63, 3.8) is 0 Å². The van der Waals surface area contributed by atoms with E-state index >= 15 is 0 Å². The summed E-state index contributed by atoms with van der Waals surface area (Å²) in [6, 6.07) is 11.4. The number of oxazole rings is 1. The lowest BCUT2D eigenvalue weighted by Gasteiger charge is -2.05. The molecule has 0 amide bonds. The molecule has 0 fully saturated rings. The van der Waals surface area contributed by atoms with Crippen LogP contribution in [0.4, 0.5) is 4.39 Å². The number of halogens is 2. The van der Waals surface area contributed by atoms with Crippen LogP contribution in [0.25, 0.3) is 22.6 Å². The summed E-state index contributed by atoms with van der Waals surface area (Å²) < 4.78 is 43.8. The topological polar surface area (TPSA) is 60.2 Å². The van der Waals surface area contributed by atoms with Crippen molar-refractivity contribution in [2.45, 2.75) is 11.8 Å². The van der Waals surface area contributed by atoms with E-state index in [1.165, 1.54) is 12.1 Å². The van der Waals surface area contributed by atoms with E-state index in [1.807, 2.05) is 24.3 Å². The first-order valence-electron chi connectivity index (χ1n) is 6.99. The first kappa shape index (κ1) is 16.9. The highest BCUT2D eigenvalue weighted by Gasteiger charge is 2.19. The maximum Gasteiger partial charge on any atom is 0.192 e. The molecule has 0 N–H and O–H groups in total. The van der Waals surface area contributed by atoms with Crippen molar-refractivity contribution in [1.29, 1.82) is 0 Å². The van der Waals surface area contributed by atoms with Crippen LogP contribution in [0.3, 0.4) is 0 Å². The van der Waals surface area contributed by atoms with Gasteiger partial charge in [0.05, 0.1) is 0 Å². The first-order chi connectivity index (χ1) is 11.3. The number of aromatic nitrogens is 1. The zero-order chi connectivity index (χ0) is 17.5. The Bertz CT molecular complexity index is 1010. The fraction of sp³-hybridized carbons (Fsp3) is 0.118. The SMILES string of the molecule is Cc1nc(-c2ccc(Br)cc2)c(-c2ccc(S(C)(=O)=O)c(F)c2)o1. The van der Waals surface area contributed by atoms with Gasteiger partial charge in [-0.1, -0.05) is 28.1 Å². The summed E-state index contributed by atoms with van der Waals surface area (Å²) in [6.45, 7) is 1.70. The van der Waals surface area contributed by atoms with Gasteiger partial charge in [-0.25, -0.2) is 17.8 Å². The van der Waals surface area contributed by atoms with Gasteiger partial charge in [0.25, 0.3) is 0 Å². The number of hydrogen-bond acceptors (Lipinski definition) is 4. The molecule has 3 rings (SSSR count). The van der Waals surface area contributed by atoms with Gasteiger partial charge in [0, 0.05) is 28.8 Å². The third-order valence-electron chi connectivity index (χ3n) is 3.45. The van der Waals surface area contributed by atoms with Crippen LogP contribution in [-0.2, 0) is 9.84 Å². The standard InChI is InChI=1S/C17H13BrFNO3S/c1-10-20-16(11-3-6-13(18)7-4-11)17(23-10)12-5-8-15(14(19)9-12)24(2,21)22/h3-9H,1-2H3. The van der Waals surface area contributed by atoms with E-state index in [0.29, 0.717) is 22.9 Å². The Balaban J connectivity index is 2.14. The number of nitrogens with zero attached hydrogens (tertiary/aromatic N) is 1. The van der Waals surface area contributed by atoms with Gasteiger partial charge >= 0.3 is 0 Å². The largest absolute Gasteiger partial charge is 0.440 e. The van der Waals surface area contributed by atoms with Crippen LogP contribution in [0.5, 0.6) is 0 Å². The van der Waals surface area contributed by atoms with Crippen LogP contribution in [0.2, 0.25) is 0 Å². The average Bonchev–Trinajstić information content (AvgIpc) is 2.88. The van der Waals surface area contributed by atoms with Gasteiger partial charge in [-0.2, -0.15) is 0 Å². The molecular weight excluding hydrogens is 397 g/mol. The highest BCUT2D eigenvalue weighted by atomic mass is 79.9. The Hall–Kier alpha value is -1.99. The van der Waals surface area contributed by atoms with Crippen LogP contribution in [0.1, 0.15) is 5.89 Å². The fourth-order valence-electron chi connectivity index (χ4n) is 2.37. The summed E-state index contributed by atoms with van der Waals surface area (Å²) >= 11 is 3.37. The smallest absolute Gasteiger partial charge is 0.192 e. The minimum Gasteiger partial charge on any atom is -0.440 e. The Labute approximate surface area is 147 Å². The van der Waals surface area contributed by atoms with Crippen molar-refractivity contribution in [2.24, 2.45) is 0 Å². The molecule has 0 atom stereocenters. The molecule has 0 saturated heterocycles. The highest BCUT2D eigenvalue weighted by Crippen LogP contribution is 2.34. The third kappa shape index (κ3) is 3.27. The van der Waals surface area contributed by atoms with E-state index < -0.39 is 15.7 Å². The van der Waals surface area contributed by atoms with Crippen LogP contribution < -0.4 is 0 Å². The molecule has 0 radical (unpaired) electrons. The van der Waals surface area contributed by atoms with E-state index in [1.54, 1.807) is 6.92 Å². The van der Waals surface area contributed by atoms with Crippen molar-refractivity contribution in [2.75, 3.05) is 6.26 Å². The number of benzene rings is 2. The second kappa shape index (κ2) is 6.14. The van der Waals surface area contributed by atoms with Gasteiger partial charge in [-0.05, 0) is 30.3 Å². The molecule has 1 aromatic heterocycles. The van der Waals surface area contributed by atoms with Gasteiger partial charge in [-0.3, -0.25) is 0 Å². The average molecular weight is 410 g/mol. The van der Waals surface area contributed by atoms with Crippen LogP contribution in [0.15, 0.2) is 56.2 Å². The second-order valence-electron chi connectivity index (χ2n) is 5.33. The molecule has 24 heavy (non-hydrogen) atoms. The molecule has 1 heterocycles. The lowest BCUT2D eigenvalue weighted by molar-refractivity contribution is 0.532. The van der Waals surface area contributed by atoms with Crippen molar-refractivity contribution < 1.29 is 17.2 Å². The molecule has 4 nitrogen and oxygen atoms in total. The maximum absolute atomic E-state index is 14.2. The number of aryl methyl sites for hydroxylation is 1. The molecule has 0 aliphatic heterocycles. The van der Waals surface area contributed by atoms with Crippen molar-refractivity contribution >= 4 is 25.8 Å². The zero-order valence-corrected chi connectivity index (χ0v) is 15.3. The molecule has 0 unspecified atom stereocenters. The van der Waals surface area contributed by atoms with Crippen molar-refractivity contribution in [3.05, 3.63) is 58.6 Å². The third-order valence-corrected chi connectivity index (χ3v) is 5.10. The highest BCUT2D eigenvalue weighted by molar-refractivity contribution is 9.10. The monoisotopic (exact) mass is 409 g/mol. The Kier molecular flexibility index (Phi) is 4.31. The lowest BCUT2D eigenvalue weighted by atomic mass is 10.1. The zero-order valence-electron chi connectivity index (χ0n) is 12.9. The summed E-state index contributed by atoms with van der Waals surface area (Å²) in [5.41, 5.74) is 1.82. The molecule has 0 bridgehead atoms. The van der Waals surface area contributed by atoms with Gasteiger partial charge in [0.2, 0.25) is 0 Å². The molecule has 7 heteroatoms. The number of rotatable bonds is 3. The summed E-state index contributed by atoms with van der Waals surface area (Å²) in [4.78, 5) is 4.02. The molecule has 0 spiro atoms. The predicted octanol–water partition coefficient (Wildman–Crippen LogP) is 4.62. The van der Waals surface area contributed by atoms with Crippen molar-refractivity contribution in [1.82, 2.24) is 4.98 Å². The minimum atomic E-state index is -3.62. The normalized spacial score (nSPS) is 11.7. The van der Waals surface area contributed by atoms with Gasteiger partial charge < -0.3 is 4.42 Å². The molecule has 0 aliphatic carbocycles. The fourth-order valence-corrected chi connectivity index (χ4v) is 3.36. The molecule has 3 aromatic rings. The van der Waals surface area contributed by atoms with E-state index in [4.69, 9.17) is 4.42 Å². The van der Waals surface area contributed by atoms with Crippen LogP contribution >= 0.6 is 15.9 Å². The van der Waals surface area contributed by atoms with Crippen LogP contribution in [-0.4, -0.2) is 19.7 Å². The quantitative estimate of drug-likeness (QED) is 0.632. The molecular formula is C17H13BrFNO3S. The molecule has 0 saturated carbocycles. The molecule has 2 aromatic carbocycles. The van der Waals surface area contributed by atoms with E-state index in [2.05, 4.69) is 20.9 Å².